The van der Waals surface area contributed by atoms with Crippen LogP contribution >= 0.6 is 15.2 Å². The molecule has 0 amide bonds. The molecule has 1 rings (SSSR count). The molecular formula is C25H46O8P2. The number of hydrogen-bond acceptors (Lipinski definition) is 4. The lowest BCUT2D eigenvalue weighted by Crippen LogP contribution is -2.29. The molecule has 0 aliphatic rings. The van der Waals surface area contributed by atoms with Crippen molar-refractivity contribution in [1.29, 1.82) is 0 Å². The number of unbranched alkanes of at least 4 members (excludes halogenated alkanes) is 1. The van der Waals surface area contributed by atoms with Gasteiger partial charge in [0.15, 0.2) is 0 Å². The minimum Gasteiger partial charge on any atom is -0.496 e. The Morgan fingerprint density at radius 3 is 1.57 bits per heavy atom. The summed E-state index contributed by atoms with van der Waals surface area (Å²) < 4.78 is 37.5. The van der Waals surface area contributed by atoms with Crippen LogP contribution in [0.4, 0.5) is 0 Å². The summed E-state index contributed by atoms with van der Waals surface area (Å²) in [6, 6.07) is 3.09. The van der Waals surface area contributed by atoms with Crippen LogP contribution in [0.3, 0.4) is 0 Å². The Morgan fingerprint density at radius 2 is 1.23 bits per heavy atom. The van der Waals surface area contributed by atoms with Gasteiger partial charge >= 0.3 is 15.2 Å². The summed E-state index contributed by atoms with van der Waals surface area (Å²) in [6.45, 7) is 11.4. The van der Waals surface area contributed by atoms with Gasteiger partial charge in [-0.3, -0.25) is 9.13 Å². The molecule has 0 heterocycles. The fraction of sp³-hybridized carbons (Fsp3) is 0.760. The molecule has 1 unspecified atom stereocenters. The average Bonchev–Trinajstić information content (AvgIpc) is 2.80. The number of ether oxygens (including phenoxy) is 2. The third-order valence-corrected chi connectivity index (χ3v) is 11.8. The number of hydrogen-bond donors (Lipinski definition) is 4. The topological polar surface area (TPSA) is 134 Å². The van der Waals surface area contributed by atoms with Crippen LogP contribution in [0.15, 0.2) is 12.1 Å². The summed E-state index contributed by atoms with van der Waals surface area (Å²) >= 11 is 0. The highest BCUT2D eigenvalue weighted by molar-refractivity contribution is 7.53. The third kappa shape index (κ3) is 6.52. The van der Waals surface area contributed by atoms with Crippen molar-refractivity contribution >= 4 is 15.2 Å². The highest BCUT2D eigenvalue weighted by atomic mass is 31.2. The predicted molar refractivity (Wildman–Crippen MR) is 140 cm³/mol. The highest BCUT2D eigenvalue weighted by Crippen LogP contribution is 2.66. The summed E-state index contributed by atoms with van der Waals surface area (Å²) in [7, 11) is -7.89. The van der Waals surface area contributed by atoms with E-state index in [-0.39, 0.29) is 43.1 Å². The van der Waals surface area contributed by atoms with Gasteiger partial charge in [0.25, 0.3) is 0 Å². The van der Waals surface area contributed by atoms with Crippen molar-refractivity contribution in [1.82, 2.24) is 0 Å². The average molecular weight is 537 g/mol. The van der Waals surface area contributed by atoms with Gasteiger partial charge < -0.3 is 29.0 Å². The normalized spacial score (nSPS) is 14.1. The quantitative estimate of drug-likeness (QED) is 0.172. The van der Waals surface area contributed by atoms with E-state index in [4.69, 9.17) is 9.47 Å². The zero-order valence-corrected chi connectivity index (χ0v) is 24.2. The highest BCUT2D eigenvalue weighted by Gasteiger charge is 2.51. The van der Waals surface area contributed by atoms with E-state index >= 15 is 0 Å². The van der Waals surface area contributed by atoms with Crippen molar-refractivity contribution in [2.24, 2.45) is 5.92 Å². The van der Waals surface area contributed by atoms with Crippen LogP contribution in [-0.2, 0) is 19.4 Å². The van der Waals surface area contributed by atoms with Crippen LogP contribution in [0.1, 0.15) is 104 Å². The van der Waals surface area contributed by atoms with E-state index < -0.39 is 25.5 Å². The Kier molecular flexibility index (Phi) is 12.0. The van der Waals surface area contributed by atoms with Crippen LogP contribution in [0.5, 0.6) is 11.5 Å². The molecule has 0 saturated carbocycles. The maximum Gasteiger partial charge on any atom is 0.336 e. The summed E-state index contributed by atoms with van der Waals surface area (Å²) in [5, 5.41) is -3.02. The molecule has 0 fully saturated rings. The van der Waals surface area contributed by atoms with Gasteiger partial charge in [-0.25, -0.2) is 0 Å². The summed E-state index contributed by atoms with van der Waals surface area (Å²) in [6.07, 6.45) is 4.58. The molecule has 8 nitrogen and oxygen atoms in total. The fourth-order valence-corrected chi connectivity index (χ4v) is 7.71. The minimum absolute atomic E-state index is 0.155. The second-order valence-electron chi connectivity index (χ2n) is 9.34. The molecule has 0 aliphatic heterocycles. The van der Waals surface area contributed by atoms with E-state index in [1.54, 1.807) is 33.8 Å². The Balaban J connectivity index is 3.97. The second kappa shape index (κ2) is 13.1. The van der Waals surface area contributed by atoms with Crippen LogP contribution < -0.4 is 9.47 Å². The first kappa shape index (κ1) is 32.1. The summed E-state index contributed by atoms with van der Waals surface area (Å²) in [4.78, 5) is 41.7. The smallest absolute Gasteiger partial charge is 0.336 e. The van der Waals surface area contributed by atoms with Gasteiger partial charge in [0, 0.05) is 11.1 Å². The van der Waals surface area contributed by atoms with E-state index in [2.05, 4.69) is 13.8 Å². The monoisotopic (exact) mass is 536 g/mol. The number of benzene rings is 1. The Hall–Kier alpha value is -0.880. The lowest BCUT2D eigenvalue weighted by Gasteiger charge is -2.38. The van der Waals surface area contributed by atoms with Crippen molar-refractivity contribution in [3.63, 3.8) is 0 Å². The van der Waals surface area contributed by atoms with Crippen LogP contribution in [0.25, 0.3) is 0 Å². The minimum atomic E-state index is -4.65. The Morgan fingerprint density at radius 1 is 0.800 bits per heavy atom. The maximum absolute atomic E-state index is 12.8. The zero-order valence-electron chi connectivity index (χ0n) is 22.4. The van der Waals surface area contributed by atoms with Crippen molar-refractivity contribution in [2.45, 2.75) is 103 Å². The maximum atomic E-state index is 12.8. The lowest BCUT2D eigenvalue weighted by molar-refractivity contribution is 0.225. The van der Waals surface area contributed by atoms with Crippen LogP contribution in [0.2, 0.25) is 0 Å². The van der Waals surface area contributed by atoms with E-state index in [0.29, 0.717) is 17.7 Å². The summed E-state index contributed by atoms with van der Waals surface area (Å²) in [5.74, 6) is 0.699. The van der Waals surface area contributed by atoms with Crippen LogP contribution in [0, 0.1) is 5.92 Å². The van der Waals surface area contributed by atoms with E-state index in [0.717, 1.165) is 25.7 Å². The van der Waals surface area contributed by atoms with E-state index in [1.165, 1.54) is 13.2 Å². The molecule has 4 N–H and O–H groups in total. The third-order valence-electron chi connectivity index (χ3n) is 7.78. The zero-order chi connectivity index (χ0) is 27.1. The molecule has 35 heavy (non-hydrogen) atoms. The lowest BCUT2D eigenvalue weighted by atomic mass is 9.86. The van der Waals surface area contributed by atoms with Crippen molar-refractivity contribution in [3.8, 4) is 11.5 Å². The molecule has 1 aromatic rings. The first-order valence-corrected chi connectivity index (χ1v) is 16.0. The molecule has 1 aromatic carbocycles. The molecule has 1 atom stereocenters. The molecule has 0 aromatic heterocycles. The Bertz CT molecular complexity index is 897. The van der Waals surface area contributed by atoms with Gasteiger partial charge in [-0.05, 0) is 50.2 Å². The molecule has 0 radical (unpaired) electrons. The SMILES string of the molecule is CCCCC(CC)COc1cc(C(CC)(CC)P(=O)(O)O)c(OC)cc1C(CC)(CC)P(=O)(O)O. The van der Waals surface area contributed by atoms with Gasteiger partial charge in [-0.2, -0.15) is 0 Å². The van der Waals surface area contributed by atoms with Gasteiger partial charge in [0.1, 0.15) is 21.8 Å². The molecular weight excluding hydrogens is 490 g/mol. The standard InChI is InChI=1S/C25H46O8P2/c1-8-14-15-19(9-2)18-33-23-17-20(24(10-3,11-4)34(26,27)28)22(32-7)16-21(23)25(12-5,13-6)35(29,30)31/h16-17,19H,8-15,18H2,1-7H3,(H2,26,27,28)(H2,29,30,31). The van der Waals surface area contributed by atoms with E-state index in [1.807, 2.05) is 0 Å². The fourth-order valence-electron chi connectivity index (χ4n) is 5.08. The van der Waals surface area contributed by atoms with Crippen LogP contribution in [-0.4, -0.2) is 33.3 Å². The molecule has 10 heteroatoms. The second-order valence-corrected chi connectivity index (χ2v) is 13.2. The molecule has 0 saturated heterocycles. The van der Waals surface area contributed by atoms with E-state index in [9.17, 15) is 28.7 Å². The van der Waals surface area contributed by atoms with Gasteiger partial charge in [-0.1, -0.05) is 60.8 Å². The molecule has 0 bridgehead atoms. The van der Waals surface area contributed by atoms with Gasteiger partial charge in [0.2, 0.25) is 0 Å². The van der Waals surface area contributed by atoms with Gasteiger partial charge in [-0.15, -0.1) is 0 Å². The first-order valence-electron chi connectivity index (χ1n) is 12.8. The van der Waals surface area contributed by atoms with Gasteiger partial charge in [0.05, 0.1) is 13.7 Å². The largest absolute Gasteiger partial charge is 0.496 e. The number of rotatable bonds is 16. The number of methoxy groups -OCH3 is 1. The van der Waals surface area contributed by atoms with Crippen molar-refractivity contribution < 1.29 is 38.2 Å². The Labute approximate surface area is 211 Å². The molecule has 0 aliphatic carbocycles. The summed E-state index contributed by atoms with van der Waals surface area (Å²) in [5.41, 5.74) is 0.610. The van der Waals surface area contributed by atoms with Crippen molar-refractivity contribution in [2.75, 3.05) is 13.7 Å². The first-order chi connectivity index (χ1) is 16.3. The molecule has 0 spiro atoms. The molecule has 204 valence electrons. The van der Waals surface area contributed by atoms with Crippen molar-refractivity contribution in [3.05, 3.63) is 23.3 Å². The predicted octanol–water partition coefficient (Wildman–Crippen LogP) is 6.68.